The number of carbonyl (C=O) groups excluding carboxylic acids is 2. The number of nitrogens with zero attached hydrogens (tertiary/aromatic N) is 1. The molecule has 8 heteroatoms. The Hall–Kier alpha value is -2.09. The van der Waals surface area contributed by atoms with Crippen molar-refractivity contribution in [3.8, 4) is 0 Å². The van der Waals surface area contributed by atoms with Crippen LogP contribution in [0.25, 0.3) is 0 Å². The van der Waals surface area contributed by atoms with Gasteiger partial charge in [0.2, 0.25) is 0 Å². The molecule has 0 aromatic heterocycles. The Morgan fingerprint density at radius 1 is 1.27 bits per heavy atom. The minimum atomic E-state index is -4.15. The van der Waals surface area contributed by atoms with Crippen LogP contribution in [0.1, 0.15) is 16.7 Å². The number of esters is 1. The fourth-order valence-corrected chi connectivity index (χ4v) is 4.66. The highest BCUT2D eigenvalue weighted by atomic mass is 32.2. The molecule has 120 valence electrons. The summed E-state index contributed by atoms with van der Waals surface area (Å²) < 4.78 is 30.9. The van der Waals surface area contributed by atoms with Gasteiger partial charge in [0.1, 0.15) is 0 Å². The second-order valence-corrected chi connectivity index (χ2v) is 7.01. The summed E-state index contributed by atoms with van der Waals surface area (Å²) in [5.74, 6) is -0.774. The van der Waals surface area contributed by atoms with Gasteiger partial charge in [-0.1, -0.05) is 17.7 Å². The van der Waals surface area contributed by atoms with Crippen LogP contribution >= 0.6 is 0 Å². The summed E-state index contributed by atoms with van der Waals surface area (Å²) in [6, 6.07) is 1.43. The van der Waals surface area contributed by atoms with Crippen LogP contribution in [-0.4, -0.2) is 44.4 Å². The summed E-state index contributed by atoms with van der Waals surface area (Å²) in [5.41, 5.74) is 1.98. The van der Waals surface area contributed by atoms with E-state index in [0.29, 0.717) is 15.4 Å². The van der Waals surface area contributed by atoms with Gasteiger partial charge in [-0.2, -0.15) is 0 Å². The van der Waals surface area contributed by atoms with Crippen LogP contribution in [0.3, 0.4) is 0 Å². The molecular weight excluding hydrogens is 308 g/mol. The lowest BCUT2D eigenvalue weighted by Crippen LogP contribution is -2.44. The van der Waals surface area contributed by atoms with Crippen molar-refractivity contribution < 1.29 is 22.7 Å². The second kappa shape index (κ2) is 5.60. The second-order valence-electron chi connectivity index (χ2n) is 5.25. The number of amides is 2. The number of aryl methyl sites for hydroxylation is 3. The van der Waals surface area contributed by atoms with Crippen molar-refractivity contribution in [2.75, 3.05) is 13.7 Å². The van der Waals surface area contributed by atoms with Gasteiger partial charge in [0.25, 0.3) is 10.0 Å². The zero-order valence-electron chi connectivity index (χ0n) is 12.8. The van der Waals surface area contributed by atoms with E-state index < -0.39 is 28.1 Å². The normalized spacial score (nSPS) is 18.3. The number of urea groups is 1. The van der Waals surface area contributed by atoms with Gasteiger partial charge < -0.3 is 10.1 Å². The van der Waals surface area contributed by atoms with Crippen molar-refractivity contribution in [3.63, 3.8) is 0 Å². The van der Waals surface area contributed by atoms with Gasteiger partial charge in [0.05, 0.1) is 18.6 Å². The quantitative estimate of drug-likeness (QED) is 0.832. The third-order valence-electron chi connectivity index (χ3n) is 3.52. The number of methoxy groups -OCH3 is 1. The van der Waals surface area contributed by atoms with E-state index in [1.807, 2.05) is 6.92 Å². The smallest absolute Gasteiger partial charge is 0.332 e. The standard InChI is InChI=1S/C14H18N2O5S/c1-8-5-9(2)12(10(3)6-8)22(19,20)16-11(13(17)21-4)7-15-14(16)18/h5-6,11H,7H2,1-4H3,(H,15,18). The van der Waals surface area contributed by atoms with Crippen LogP contribution in [0.15, 0.2) is 17.0 Å². The molecule has 2 rings (SSSR count). The minimum absolute atomic E-state index is 0.0454. The van der Waals surface area contributed by atoms with Crippen molar-refractivity contribution in [2.45, 2.75) is 31.7 Å². The van der Waals surface area contributed by atoms with E-state index in [4.69, 9.17) is 0 Å². The molecule has 1 saturated heterocycles. The molecule has 0 aliphatic carbocycles. The molecule has 1 unspecified atom stereocenters. The van der Waals surface area contributed by atoms with Crippen LogP contribution in [0.2, 0.25) is 0 Å². The molecule has 2 amide bonds. The number of benzene rings is 1. The molecule has 0 bridgehead atoms. The lowest BCUT2D eigenvalue weighted by atomic mass is 10.1. The van der Waals surface area contributed by atoms with Gasteiger partial charge in [-0.3, -0.25) is 0 Å². The predicted molar refractivity (Wildman–Crippen MR) is 78.9 cm³/mol. The summed E-state index contributed by atoms with van der Waals surface area (Å²) in [4.78, 5) is 23.7. The third kappa shape index (κ3) is 2.54. The highest BCUT2D eigenvalue weighted by Gasteiger charge is 2.46. The molecule has 1 aromatic rings. The molecule has 1 aliphatic rings. The number of hydrogen-bond acceptors (Lipinski definition) is 5. The van der Waals surface area contributed by atoms with E-state index in [0.717, 1.165) is 12.7 Å². The fraction of sp³-hybridized carbons (Fsp3) is 0.429. The van der Waals surface area contributed by atoms with E-state index in [9.17, 15) is 18.0 Å². The zero-order valence-corrected chi connectivity index (χ0v) is 13.7. The summed E-state index contributed by atoms with van der Waals surface area (Å²) in [5, 5.41) is 2.37. The lowest BCUT2D eigenvalue weighted by Gasteiger charge is -2.23. The molecule has 0 saturated carbocycles. The fourth-order valence-electron chi connectivity index (χ4n) is 2.75. The number of sulfonamides is 1. The maximum absolute atomic E-state index is 12.9. The van der Waals surface area contributed by atoms with Crippen LogP contribution < -0.4 is 5.32 Å². The van der Waals surface area contributed by atoms with E-state index >= 15 is 0 Å². The zero-order chi connectivity index (χ0) is 16.7. The predicted octanol–water partition coefficient (Wildman–Crippen LogP) is 0.867. The SMILES string of the molecule is COC(=O)C1CNC(=O)N1S(=O)(=O)c1c(C)cc(C)cc1C. The lowest BCUT2D eigenvalue weighted by molar-refractivity contribution is -0.143. The first-order valence-electron chi connectivity index (χ1n) is 6.68. The van der Waals surface area contributed by atoms with Crippen molar-refractivity contribution in [3.05, 3.63) is 28.8 Å². The van der Waals surface area contributed by atoms with Gasteiger partial charge in [-0.05, 0) is 31.9 Å². The Kier molecular flexibility index (Phi) is 4.15. The van der Waals surface area contributed by atoms with Gasteiger partial charge in [-0.15, -0.1) is 0 Å². The number of hydrogen-bond donors (Lipinski definition) is 1. The van der Waals surface area contributed by atoms with Crippen molar-refractivity contribution >= 4 is 22.0 Å². The largest absolute Gasteiger partial charge is 0.467 e. The van der Waals surface area contributed by atoms with E-state index in [2.05, 4.69) is 10.1 Å². The summed E-state index contributed by atoms with van der Waals surface area (Å²) in [7, 11) is -3.00. The number of nitrogens with one attached hydrogen (secondary N) is 1. The monoisotopic (exact) mass is 326 g/mol. The van der Waals surface area contributed by atoms with E-state index in [-0.39, 0.29) is 11.4 Å². The first-order chi connectivity index (χ1) is 10.2. The Balaban J connectivity index is 2.59. The number of rotatable bonds is 3. The minimum Gasteiger partial charge on any atom is -0.467 e. The van der Waals surface area contributed by atoms with Gasteiger partial charge in [0.15, 0.2) is 6.04 Å². The number of carbonyl (C=O) groups is 2. The van der Waals surface area contributed by atoms with Crippen molar-refractivity contribution in [1.29, 1.82) is 0 Å². The molecule has 1 fully saturated rings. The topological polar surface area (TPSA) is 92.8 Å². The van der Waals surface area contributed by atoms with Crippen LogP contribution in [0.4, 0.5) is 4.79 Å². The molecule has 7 nitrogen and oxygen atoms in total. The summed E-state index contributed by atoms with van der Waals surface area (Å²) >= 11 is 0. The average Bonchev–Trinajstić information content (AvgIpc) is 2.78. The third-order valence-corrected chi connectivity index (χ3v) is 5.62. The maximum Gasteiger partial charge on any atom is 0.332 e. The van der Waals surface area contributed by atoms with Gasteiger partial charge in [0, 0.05) is 0 Å². The summed E-state index contributed by atoms with van der Waals surface area (Å²) in [6.07, 6.45) is 0. The molecule has 22 heavy (non-hydrogen) atoms. The summed E-state index contributed by atoms with van der Waals surface area (Å²) in [6.45, 7) is 5.08. The molecule has 1 N–H and O–H groups in total. The Labute approximate surface area is 129 Å². The van der Waals surface area contributed by atoms with Crippen LogP contribution in [0.5, 0.6) is 0 Å². The van der Waals surface area contributed by atoms with E-state index in [1.54, 1.807) is 26.0 Å². The molecule has 1 atom stereocenters. The van der Waals surface area contributed by atoms with Crippen LogP contribution in [0, 0.1) is 20.8 Å². The Morgan fingerprint density at radius 3 is 2.32 bits per heavy atom. The van der Waals surface area contributed by atoms with Crippen molar-refractivity contribution in [2.24, 2.45) is 0 Å². The molecule has 0 spiro atoms. The van der Waals surface area contributed by atoms with Gasteiger partial charge in [-0.25, -0.2) is 22.3 Å². The maximum atomic E-state index is 12.9. The highest BCUT2D eigenvalue weighted by Crippen LogP contribution is 2.28. The molecule has 0 radical (unpaired) electrons. The van der Waals surface area contributed by atoms with E-state index in [1.165, 1.54) is 0 Å². The van der Waals surface area contributed by atoms with Crippen LogP contribution in [-0.2, 0) is 19.6 Å². The Morgan fingerprint density at radius 2 is 1.82 bits per heavy atom. The molecule has 1 heterocycles. The average molecular weight is 326 g/mol. The van der Waals surface area contributed by atoms with Crippen molar-refractivity contribution in [1.82, 2.24) is 9.62 Å². The molecular formula is C14H18N2O5S. The molecule has 1 aromatic carbocycles. The molecule has 1 aliphatic heterocycles. The first kappa shape index (κ1) is 16.3. The number of ether oxygens (including phenoxy) is 1. The Bertz CT molecular complexity index is 719. The van der Waals surface area contributed by atoms with Gasteiger partial charge >= 0.3 is 12.0 Å². The highest BCUT2D eigenvalue weighted by molar-refractivity contribution is 7.89. The first-order valence-corrected chi connectivity index (χ1v) is 8.12.